The zero-order chi connectivity index (χ0) is 21.4. The second-order valence-corrected chi connectivity index (χ2v) is 7.22. The lowest BCUT2D eigenvalue weighted by molar-refractivity contribution is -0.142. The number of benzene rings is 2. The lowest BCUT2D eigenvalue weighted by Gasteiger charge is -2.28. The van der Waals surface area contributed by atoms with Gasteiger partial charge in [-0.3, -0.25) is 9.59 Å². The van der Waals surface area contributed by atoms with Crippen LogP contribution in [0.3, 0.4) is 0 Å². The van der Waals surface area contributed by atoms with E-state index in [4.69, 9.17) is 16.3 Å². The predicted octanol–water partition coefficient (Wildman–Crippen LogP) is 4.11. The van der Waals surface area contributed by atoms with Gasteiger partial charge in [0.05, 0.1) is 0 Å². The van der Waals surface area contributed by atoms with E-state index >= 15 is 0 Å². The van der Waals surface area contributed by atoms with E-state index in [1.54, 1.807) is 37.3 Å². The van der Waals surface area contributed by atoms with E-state index in [2.05, 4.69) is 5.32 Å². The Kier molecular flexibility index (Phi) is 8.46. The van der Waals surface area contributed by atoms with Crippen LogP contribution in [0, 0.1) is 12.7 Å². The molecule has 0 aliphatic rings. The summed E-state index contributed by atoms with van der Waals surface area (Å²) in [4.78, 5) is 26.7. The van der Waals surface area contributed by atoms with Gasteiger partial charge >= 0.3 is 0 Å². The van der Waals surface area contributed by atoms with Crippen molar-refractivity contribution < 1.29 is 18.7 Å². The molecule has 7 heteroatoms. The molecule has 5 nitrogen and oxygen atoms in total. The Morgan fingerprint density at radius 2 is 1.90 bits per heavy atom. The van der Waals surface area contributed by atoms with Crippen LogP contribution in [0.1, 0.15) is 31.4 Å². The monoisotopic (exact) mass is 420 g/mol. The topological polar surface area (TPSA) is 58.6 Å². The van der Waals surface area contributed by atoms with Gasteiger partial charge in [0.15, 0.2) is 6.61 Å². The molecule has 0 aromatic heterocycles. The molecule has 0 radical (unpaired) electrons. The summed E-state index contributed by atoms with van der Waals surface area (Å²) < 4.78 is 18.8. The highest BCUT2D eigenvalue weighted by Crippen LogP contribution is 2.21. The first-order valence-corrected chi connectivity index (χ1v) is 9.90. The summed E-state index contributed by atoms with van der Waals surface area (Å²) >= 11 is 6.01. The van der Waals surface area contributed by atoms with Crippen LogP contribution in [-0.4, -0.2) is 35.9 Å². The van der Waals surface area contributed by atoms with Crippen molar-refractivity contribution in [3.8, 4) is 5.75 Å². The number of nitrogens with zero attached hydrogens (tertiary/aromatic N) is 1. The number of amides is 2. The molecule has 2 aromatic carbocycles. The lowest BCUT2D eigenvalue weighted by atomic mass is 10.1. The van der Waals surface area contributed by atoms with Crippen molar-refractivity contribution in [1.82, 2.24) is 10.2 Å². The Bertz CT molecular complexity index is 842. The van der Waals surface area contributed by atoms with Gasteiger partial charge in [-0.25, -0.2) is 4.39 Å². The molecule has 0 fully saturated rings. The minimum Gasteiger partial charge on any atom is -0.484 e. The van der Waals surface area contributed by atoms with E-state index in [1.807, 2.05) is 13.8 Å². The fraction of sp³-hybridized carbons (Fsp3) is 0.364. The number of rotatable bonds is 9. The summed E-state index contributed by atoms with van der Waals surface area (Å²) in [6, 6.07) is 10.3. The average molecular weight is 421 g/mol. The highest BCUT2D eigenvalue weighted by molar-refractivity contribution is 6.31. The summed E-state index contributed by atoms with van der Waals surface area (Å²) in [5, 5.41) is 3.42. The summed E-state index contributed by atoms with van der Waals surface area (Å²) in [7, 11) is 0. The Labute approximate surface area is 175 Å². The van der Waals surface area contributed by atoms with Crippen molar-refractivity contribution in [3.63, 3.8) is 0 Å². The normalized spacial score (nSPS) is 11.6. The highest BCUT2D eigenvalue weighted by atomic mass is 35.5. The van der Waals surface area contributed by atoms with E-state index in [9.17, 15) is 14.0 Å². The second kappa shape index (κ2) is 10.8. The zero-order valence-corrected chi connectivity index (χ0v) is 17.6. The molecule has 156 valence electrons. The minimum atomic E-state index is -0.699. The maximum Gasteiger partial charge on any atom is 0.261 e. The fourth-order valence-corrected chi connectivity index (χ4v) is 2.82. The van der Waals surface area contributed by atoms with Crippen LogP contribution in [0.15, 0.2) is 42.5 Å². The van der Waals surface area contributed by atoms with Gasteiger partial charge in [0.2, 0.25) is 5.91 Å². The highest BCUT2D eigenvalue weighted by Gasteiger charge is 2.26. The zero-order valence-electron chi connectivity index (χ0n) is 16.9. The molecule has 0 saturated carbocycles. The van der Waals surface area contributed by atoms with Crippen LogP contribution in [-0.2, 0) is 16.1 Å². The van der Waals surface area contributed by atoms with E-state index in [-0.39, 0.29) is 30.8 Å². The first-order valence-electron chi connectivity index (χ1n) is 9.52. The molecule has 0 unspecified atom stereocenters. The van der Waals surface area contributed by atoms with Crippen LogP contribution in [0.25, 0.3) is 0 Å². The number of hydrogen-bond acceptors (Lipinski definition) is 3. The van der Waals surface area contributed by atoms with E-state index in [0.29, 0.717) is 17.3 Å². The van der Waals surface area contributed by atoms with Gasteiger partial charge in [-0.05, 0) is 61.7 Å². The Morgan fingerprint density at radius 1 is 1.21 bits per heavy atom. The minimum absolute atomic E-state index is 0.169. The Hall–Kier alpha value is -2.60. The van der Waals surface area contributed by atoms with Crippen molar-refractivity contribution >= 4 is 23.4 Å². The summed E-state index contributed by atoms with van der Waals surface area (Å²) in [6.07, 6.45) is 0.795. The number of carbonyl (C=O) groups is 2. The van der Waals surface area contributed by atoms with Gasteiger partial charge in [0, 0.05) is 18.1 Å². The SMILES string of the molecule is CCCNC(=O)[C@H](C)N(Cc1ccc(F)cc1)C(=O)COc1ccc(Cl)c(C)c1. The molecular formula is C22H26ClFN2O3. The van der Waals surface area contributed by atoms with Gasteiger partial charge in [-0.2, -0.15) is 0 Å². The molecule has 1 N–H and O–H groups in total. The lowest BCUT2D eigenvalue weighted by Crippen LogP contribution is -2.49. The second-order valence-electron chi connectivity index (χ2n) is 6.81. The van der Waals surface area contributed by atoms with Crippen LogP contribution < -0.4 is 10.1 Å². The van der Waals surface area contributed by atoms with Gasteiger partial charge in [0.1, 0.15) is 17.6 Å². The molecule has 0 heterocycles. The van der Waals surface area contributed by atoms with Crippen LogP contribution in [0.5, 0.6) is 5.75 Å². The summed E-state index contributed by atoms with van der Waals surface area (Å²) in [5.74, 6) is -0.433. The third-order valence-electron chi connectivity index (χ3n) is 4.47. The molecular weight excluding hydrogens is 395 g/mol. The molecule has 2 rings (SSSR count). The van der Waals surface area contributed by atoms with Crippen molar-refractivity contribution in [2.24, 2.45) is 0 Å². The van der Waals surface area contributed by atoms with Gasteiger partial charge in [-0.15, -0.1) is 0 Å². The maximum absolute atomic E-state index is 13.2. The summed E-state index contributed by atoms with van der Waals surface area (Å²) in [5.41, 5.74) is 1.56. The number of nitrogens with one attached hydrogen (secondary N) is 1. The van der Waals surface area contributed by atoms with E-state index in [1.165, 1.54) is 17.0 Å². The maximum atomic E-state index is 13.2. The molecule has 0 bridgehead atoms. The number of carbonyl (C=O) groups excluding carboxylic acids is 2. The first-order chi connectivity index (χ1) is 13.8. The molecule has 0 aliphatic carbocycles. The molecule has 2 amide bonds. The number of aryl methyl sites for hydroxylation is 1. The van der Waals surface area contributed by atoms with E-state index < -0.39 is 6.04 Å². The molecule has 2 aromatic rings. The Balaban J connectivity index is 2.13. The fourth-order valence-electron chi connectivity index (χ4n) is 2.70. The van der Waals surface area contributed by atoms with Crippen LogP contribution >= 0.6 is 11.6 Å². The van der Waals surface area contributed by atoms with E-state index in [0.717, 1.165) is 17.5 Å². The van der Waals surface area contributed by atoms with Crippen LogP contribution in [0.2, 0.25) is 5.02 Å². The van der Waals surface area contributed by atoms with Gasteiger partial charge in [-0.1, -0.05) is 30.7 Å². The number of halogens is 2. The van der Waals surface area contributed by atoms with Crippen molar-refractivity contribution in [3.05, 3.63) is 64.4 Å². The number of hydrogen-bond donors (Lipinski definition) is 1. The first kappa shape index (κ1) is 22.7. The molecule has 0 saturated heterocycles. The third-order valence-corrected chi connectivity index (χ3v) is 4.90. The summed E-state index contributed by atoms with van der Waals surface area (Å²) in [6.45, 7) is 5.93. The van der Waals surface area contributed by atoms with Crippen LogP contribution in [0.4, 0.5) is 4.39 Å². The van der Waals surface area contributed by atoms with Crippen molar-refractivity contribution in [1.29, 1.82) is 0 Å². The van der Waals surface area contributed by atoms with Crippen molar-refractivity contribution in [2.45, 2.75) is 39.8 Å². The third kappa shape index (κ3) is 6.75. The number of ether oxygens (including phenoxy) is 1. The largest absolute Gasteiger partial charge is 0.484 e. The predicted molar refractivity (Wildman–Crippen MR) is 111 cm³/mol. The Morgan fingerprint density at radius 3 is 2.52 bits per heavy atom. The smallest absolute Gasteiger partial charge is 0.261 e. The van der Waals surface area contributed by atoms with Crippen molar-refractivity contribution in [2.75, 3.05) is 13.2 Å². The molecule has 1 atom stereocenters. The molecule has 0 spiro atoms. The quantitative estimate of drug-likeness (QED) is 0.664. The molecule has 29 heavy (non-hydrogen) atoms. The molecule has 0 aliphatic heterocycles. The van der Waals surface area contributed by atoms with Gasteiger partial charge in [0.25, 0.3) is 5.91 Å². The van der Waals surface area contributed by atoms with Gasteiger partial charge < -0.3 is 15.0 Å². The standard InChI is InChI=1S/C22H26ClFN2O3/c1-4-11-25-22(28)16(3)26(13-17-5-7-18(24)8-6-17)21(27)14-29-19-9-10-20(23)15(2)12-19/h5-10,12,16H,4,11,13-14H2,1-3H3,(H,25,28)/t16-/m0/s1. The average Bonchev–Trinajstić information content (AvgIpc) is 2.71.